The van der Waals surface area contributed by atoms with Crippen LogP contribution < -0.4 is 5.32 Å². The minimum absolute atomic E-state index is 0.0414. The predicted molar refractivity (Wildman–Crippen MR) is 95.9 cm³/mol. The Labute approximate surface area is 149 Å². The lowest BCUT2D eigenvalue weighted by Crippen LogP contribution is -2.49. The summed E-state index contributed by atoms with van der Waals surface area (Å²) in [6.45, 7) is 9.65. The third kappa shape index (κ3) is 9.15. The SMILES string of the molecule is CC(=O)SCCN(CCC1CC1)C(=O)N[C@@H](C)C(=O)OC(C)(C)C. The molecule has 1 saturated carbocycles. The van der Waals surface area contributed by atoms with Crippen LogP contribution in [0, 0.1) is 5.92 Å². The highest BCUT2D eigenvalue weighted by Crippen LogP contribution is 2.32. The zero-order chi connectivity index (χ0) is 18.3. The molecular formula is C17H30N2O4S. The fourth-order valence-corrected chi connectivity index (χ4v) is 2.68. The molecule has 6 nitrogen and oxygen atoms in total. The van der Waals surface area contributed by atoms with Crippen LogP contribution in [0.5, 0.6) is 0 Å². The van der Waals surface area contributed by atoms with E-state index in [0.29, 0.717) is 24.8 Å². The molecule has 24 heavy (non-hydrogen) atoms. The lowest BCUT2D eigenvalue weighted by atomic mass is 10.2. The van der Waals surface area contributed by atoms with Crippen LogP contribution in [0.3, 0.4) is 0 Å². The molecule has 0 unspecified atom stereocenters. The van der Waals surface area contributed by atoms with Gasteiger partial charge in [-0.3, -0.25) is 4.79 Å². The Morgan fingerprint density at radius 1 is 1.25 bits per heavy atom. The summed E-state index contributed by atoms with van der Waals surface area (Å²) < 4.78 is 5.28. The van der Waals surface area contributed by atoms with Crippen LogP contribution in [0.4, 0.5) is 4.79 Å². The highest BCUT2D eigenvalue weighted by Gasteiger charge is 2.26. The minimum atomic E-state index is -0.708. The molecule has 1 N–H and O–H groups in total. The second-order valence-corrected chi connectivity index (χ2v) is 8.54. The Hall–Kier alpha value is -1.24. The molecule has 138 valence electrons. The summed E-state index contributed by atoms with van der Waals surface area (Å²) in [6, 6.07) is -0.987. The number of ether oxygens (including phenoxy) is 1. The fourth-order valence-electron chi connectivity index (χ4n) is 2.08. The number of hydrogen-bond donors (Lipinski definition) is 1. The lowest BCUT2D eigenvalue weighted by molar-refractivity contribution is -0.156. The summed E-state index contributed by atoms with van der Waals surface area (Å²) in [7, 11) is 0. The molecule has 1 fully saturated rings. The third-order valence-corrected chi connectivity index (χ3v) is 4.35. The highest BCUT2D eigenvalue weighted by molar-refractivity contribution is 8.13. The van der Waals surface area contributed by atoms with Crippen LogP contribution >= 0.6 is 11.8 Å². The van der Waals surface area contributed by atoms with E-state index in [1.165, 1.54) is 31.5 Å². The molecular weight excluding hydrogens is 328 g/mol. The van der Waals surface area contributed by atoms with Crippen LogP contribution in [0.25, 0.3) is 0 Å². The van der Waals surface area contributed by atoms with Crippen molar-refractivity contribution in [1.29, 1.82) is 0 Å². The first kappa shape index (κ1) is 20.8. The second-order valence-electron chi connectivity index (χ2n) is 7.26. The van der Waals surface area contributed by atoms with Crippen molar-refractivity contribution in [2.45, 2.75) is 65.5 Å². The maximum absolute atomic E-state index is 12.4. The summed E-state index contributed by atoms with van der Waals surface area (Å²) in [6.07, 6.45) is 3.43. The van der Waals surface area contributed by atoms with Gasteiger partial charge in [-0.2, -0.15) is 0 Å². The summed E-state index contributed by atoms with van der Waals surface area (Å²) in [5.74, 6) is 0.828. The van der Waals surface area contributed by atoms with E-state index >= 15 is 0 Å². The van der Waals surface area contributed by atoms with E-state index < -0.39 is 17.6 Å². The number of esters is 1. The van der Waals surface area contributed by atoms with E-state index in [2.05, 4.69) is 5.32 Å². The molecule has 2 amide bonds. The van der Waals surface area contributed by atoms with E-state index in [9.17, 15) is 14.4 Å². The van der Waals surface area contributed by atoms with Gasteiger partial charge in [-0.15, -0.1) is 0 Å². The van der Waals surface area contributed by atoms with Gasteiger partial charge in [-0.1, -0.05) is 24.6 Å². The number of amides is 2. The number of nitrogens with zero attached hydrogens (tertiary/aromatic N) is 1. The maximum atomic E-state index is 12.4. The quantitative estimate of drug-likeness (QED) is 0.675. The molecule has 1 atom stereocenters. The summed E-state index contributed by atoms with van der Waals surface area (Å²) in [5.41, 5.74) is -0.583. The molecule has 1 aliphatic rings. The number of urea groups is 1. The normalized spacial score (nSPS) is 15.5. The van der Waals surface area contributed by atoms with Crippen LogP contribution in [-0.4, -0.2) is 52.5 Å². The number of nitrogens with one attached hydrogen (secondary N) is 1. The van der Waals surface area contributed by atoms with Crippen molar-refractivity contribution in [3.8, 4) is 0 Å². The van der Waals surface area contributed by atoms with E-state index in [1.54, 1.807) is 32.6 Å². The number of thioether (sulfide) groups is 1. The molecule has 0 radical (unpaired) electrons. The molecule has 0 heterocycles. The number of carbonyl (C=O) groups is 3. The Morgan fingerprint density at radius 3 is 2.38 bits per heavy atom. The second kappa shape index (κ2) is 9.30. The Bertz CT molecular complexity index is 458. The van der Waals surface area contributed by atoms with E-state index in [-0.39, 0.29) is 11.1 Å². The smallest absolute Gasteiger partial charge is 0.328 e. The van der Waals surface area contributed by atoms with Gasteiger partial charge in [0.1, 0.15) is 11.6 Å². The number of carbonyl (C=O) groups excluding carboxylic acids is 3. The van der Waals surface area contributed by atoms with Gasteiger partial charge >= 0.3 is 12.0 Å². The van der Waals surface area contributed by atoms with Gasteiger partial charge in [0, 0.05) is 25.8 Å². The van der Waals surface area contributed by atoms with Gasteiger partial charge in [0.15, 0.2) is 5.12 Å². The van der Waals surface area contributed by atoms with Crippen molar-refractivity contribution < 1.29 is 19.1 Å². The Kier molecular flexibility index (Phi) is 8.06. The van der Waals surface area contributed by atoms with E-state index in [1.807, 2.05) is 0 Å². The largest absolute Gasteiger partial charge is 0.458 e. The van der Waals surface area contributed by atoms with E-state index in [0.717, 1.165) is 6.42 Å². The zero-order valence-corrected chi connectivity index (χ0v) is 16.2. The predicted octanol–water partition coefficient (Wildman–Crippen LogP) is 2.81. The van der Waals surface area contributed by atoms with Crippen LogP contribution in [0.15, 0.2) is 0 Å². The van der Waals surface area contributed by atoms with Crippen molar-refractivity contribution in [2.75, 3.05) is 18.8 Å². The summed E-state index contributed by atoms with van der Waals surface area (Å²) >= 11 is 1.21. The van der Waals surface area contributed by atoms with Gasteiger partial charge in [0.25, 0.3) is 0 Å². The monoisotopic (exact) mass is 358 g/mol. The van der Waals surface area contributed by atoms with Crippen molar-refractivity contribution in [3.05, 3.63) is 0 Å². The van der Waals surface area contributed by atoms with Gasteiger partial charge in [0.2, 0.25) is 0 Å². The van der Waals surface area contributed by atoms with Gasteiger partial charge in [-0.05, 0) is 40.0 Å². The molecule has 0 aromatic rings. The zero-order valence-electron chi connectivity index (χ0n) is 15.4. The molecule has 7 heteroatoms. The lowest BCUT2D eigenvalue weighted by Gasteiger charge is -2.26. The van der Waals surface area contributed by atoms with Gasteiger partial charge < -0.3 is 15.0 Å². The average molecular weight is 359 g/mol. The Balaban J connectivity index is 2.50. The number of rotatable bonds is 8. The topological polar surface area (TPSA) is 75.7 Å². The standard InChI is InChI=1S/C17H30N2O4S/c1-12(15(21)23-17(3,4)5)18-16(22)19(9-8-14-6-7-14)10-11-24-13(2)20/h12,14H,6-11H2,1-5H3,(H,18,22)/t12-/m0/s1. The first-order chi connectivity index (χ1) is 11.1. The molecule has 0 aliphatic heterocycles. The molecule has 1 aliphatic carbocycles. The Morgan fingerprint density at radius 2 is 1.88 bits per heavy atom. The molecule has 0 aromatic carbocycles. The van der Waals surface area contributed by atoms with Crippen LogP contribution in [0.2, 0.25) is 0 Å². The molecule has 0 aromatic heterocycles. The number of hydrogen-bond acceptors (Lipinski definition) is 5. The van der Waals surface area contributed by atoms with Gasteiger partial charge in [0.05, 0.1) is 0 Å². The van der Waals surface area contributed by atoms with Gasteiger partial charge in [-0.25, -0.2) is 9.59 Å². The van der Waals surface area contributed by atoms with Crippen LogP contribution in [0.1, 0.15) is 53.9 Å². The molecule has 0 bridgehead atoms. The molecule has 0 spiro atoms. The first-order valence-electron chi connectivity index (χ1n) is 8.50. The first-order valence-corrected chi connectivity index (χ1v) is 9.48. The summed E-state index contributed by atoms with van der Waals surface area (Å²) in [4.78, 5) is 37.2. The van der Waals surface area contributed by atoms with Crippen molar-refractivity contribution in [3.63, 3.8) is 0 Å². The fraction of sp³-hybridized carbons (Fsp3) is 0.824. The summed E-state index contributed by atoms with van der Waals surface area (Å²) in [5, 5.41) is 2.74. The minimum Gasteiger partial charge on any atom is -0.458 e. The van der Waals surface area contributed by atoms with E-state index in [4.69, 9.17) is 4.74 Å². The maximum Gasteiger partial charge on any atom is 0.328 e. The molecule has 0 saturated heterocycles. The third-order valence-electron chi connectivity index (χ3n) is 3.56. The van der Waals surface area contributed by atoms with Crippen molar-refractivity contribution in [1.82, 2.24) is 10.2 Å². The van der Waals surface area contributed by atoms with Crippen molar-refractivity contribution in [2.24, 2.45) is 5.92 Å². The van der Waals surface area contributed by atoms with Crippen LogP contribution in [-0.2, 0) is 14.3 Å². The molecule has 1 rings (SSSR count). The highest BCUT2D eigenvalue weighted by atomic mass is 32.2. The van der Waals surface area contributed by atoms with Crippen molar-refractivity contribution >= 4 is 28.9 Å². The average Bonchev–Trinajstić information content (AvgIpc) is 3.24.